The van der Waals surface area contributed by atoms with E-state index in [-0.39, 0.29) is 11.9 Å². The first-order valence-electron chi connectivity index (χ1n) is 10.3. The second-order valence-corrected chi connectivity index (χ2v) is 11.1. The Kier molecular flexibility index (Phi) is 6.68. The number of sulfone groups is 1. The van der Waals surface area contributed by atoms with E-state index in [2.05, 4.69) is 28.2 Å². The number of pyridine rings is 1. The molecule has 8 nitrogen and oxygen atoms in total. The quantitative estimate of drug-likeness (QED) is 0.577. The normalized spacial score (nSPS) is 24.4. The number of hydrogen-bond donors (Lipinski definition) is 1. The zero-order chi connectivity index (χ0) is 21.1. The number of aromatic nitrogens is 1. The fourth-order valence-corrected chi connectivity index (χ4v) is 5.01. The van der Waals surface area contributed by atoms with Crippen LogP contribution in [0.1, 0.15) is 33.3 Å². The van der Waals surface area contributed by atoms with Crippen molar-refractivity contribution in [3.05, 3.63) is 23.9 Å². The van der Waals surface area contributed by atoms with Crippen LogP contribution in [0, 0.1) is 0 Å². The fraction of sp³-hybridized carbons (Fsp3) is 0.700. The number of hydrogen-bond acceptors (Lipinski definition) is 6. The van der Waals surface area contributed by atoms with Gasteiger partial charge in [0.05, 0.1) is 29.8 Å². The molecule has 0 aliphatic carbocycles. The van der Waals surface area contributed by atoms with E-state index in [4.69, 9.17) is 9.73 Å². The third-order valence-corrected chi connectivity index (χ3v) is 8.00. The summed E-state index contributed by atoms with van der Waals surface area (Å²) in [4.78, 5) is 13.6. The van der Waals surface area contributed by atoms with Crippen molar-refractivity contribution in [1.82, 2.24) is 15.2 Å². The van der Waals surface area contributed by atoms with Crippen LogP contribution < -0.4 is 10.2 Å². The lowest BCUT2D eigenvalue weighted by atomic mass is 10.2. The van der Waals surface area contributed by atoms with Gasteiger partial charge in [-0.05, 0) is 39.3 Å². The molecule has 2 saturated heterocycles. The zero-order valence-electron chi connectivity index (χ0n) is 17.9. The molecule has 1 aromatic rings. The second kappa shape index (κ2) is 8.87. The number of anilines is 1. The molecule has 1 aromatic heterocycles. The van der Waals surface area contributed by atoms with Crippen molar-refractivity contribution in [2.75, 3.05) is 50.0 Å². The van der Waals surface area contributed by atoms with E-state index in [0.29, 0.717) is 19.6 Å². The number of aliphatic imine (C=N–C) groups is 1. The Morgan fingerprint density at radius 2 is 2.17 bits per heavy atom. The molecule has 0 aromatic carbocycles. The molecule has 2 fully saturated rings. The van der Waals surface area contributed by atoms with E-state index >= 15 is 0 Å². The van der Waals surface area contributed by atoms with Gasteiger partial charge in [0, 0.05) is 38.9 Å². The first kappa shape index (κ1) is 21.8. The van der Waals surface area contributed by atoms with Gasteiger partial charge in [-0.15, -0.1) is 0 Å². The maximum Gasteiger partial charge on any atom is 0.194 e. The standard InChI is InChI=1S/C20H33N5O3S/c1-5-21-19(25-9-11-29(26,27)20(3,4)15-25)23-13-17-6-7-18(22-12-17)24-8-10-28-16(2)14-24/h6-7,12,16H,5,8-11,13-15H2,1-4H3,(H,21,23). The number of guanidine groups is 1. The Morgan fingerprint density at radius 3 is 2.79 bits per heavy atom. The number of morpholine rings is 1. The number of nitrogens with zero attached hydrogens (tertiary/aromatic N) is 4. The maximum absolute atomic E-state index is 12.3. The molecule has 2 aliphatic heterocycles. The van der Waals surface area contributed by atoms with Crippen LogP contribution >= 0.6 is 0 Å². The molecule has 0 saturated carbocycles. The predicted molar refractivity (Wildman–Crippen MR) is 116 cm³/mol. The summed E-state index contributed by atoms with van der Waals surface area (Å²) < 4.78 is 29.4. The molecule has 1 atom stereocenters. The van der Waals surface area contributed by atoms with Crippen molar-refractivity contribution >= 4 is 21.6 Å². The van der Waals surface area contributed by atoms with Crippen molar-refractivity contribution in [1.29, 1.82) is 0 Å². The number of rotatable bonds is 4. The van der Waals surface area contributed by atoms with E-state index in [1.165, 1.54) is 0 Å². The number of ether oxygens (including phenoxy) is 1. The highest BCUT2D eigenvalue weighted by molar-refractivity contribution is 7.92. The van der Waals surface area contributed by atoms with Crippen LogP contribution in [0.3, 0.4) is 0 Å². The average molecular weight is 424 g/mol. The largest absolute Gasteiger partial charge is 0.375 e. The smallest absolute Gasteiger partial charge is 0.194 e. The minimum absolute atomic E-state index is 0.151. The van der Waals surface area contributed by atoms with Crippen LogP contribution in [0.5, 0.6) is 0 Å². The molecule has 0 amide bonds. The van der Waals surface area contributed by atoms with Crippen molar-refractivity contribution in [3.8, 4) is 0 Å². The fourth-order valence-electron chi connectivity index (χ4n) is 3.64. The van der Waals surface area contributed by atoms with E-state index in [9.17, 15) is 8.42 Å². The highest BCUT2D eigenvalue weighted by atomic mass is 32.2. The molecule has 1 N–H and O–H groups in total. The third kappa shape index (κ3) is 5.19. The van der Waals surface area contributed by atoms with Gasteiger partial charge in [0.2, 0.25) is 0 Å². The van der Waals surface area contributed by atoms with E-state index in [1.807, 2.05) is 24.1 Å². The topological polar surface area (TPSA) is 87.1 Å². The SMILES string of the molecule is CCNC(=NCc1ccc(N2CCOC(C)C2)nc1)N1CCS(=O)(=O)C(C)(C)C1. The molecule has 0 bridgehead atoms. The third-order valence-electron chi connectivity index (χ3n) is 5.46. The van der Waals surface area contributed by atoms with Gasteiger partial charge in [0.25, 0.3) is 0 Å². The summed E-state index contributed by atoms with van der Waals surface area (Å²) in [7, 11) is -3.08. The summed E-state index contributed by atoms with van der Waals surface area (Å²) in [6, 6.07) is 4.09. The van der Waals surface area contributed by atoms with Crippen LogP contribution in [0.4, 0.5) is 5.82 Å². The van der Waals surface area contributed by atoms with Gasteiger partial charge >= 0.3 is 0 Å². The van der Waals surface area contributed by atoms with Crippen LogP contribution in [0.25, 0.3) is 0 Å². The molecule has 2 aliphatic rings. The first-order valence-corrected chi connectivity index (χ1v) is 11.9. The summed E-state index contributed by atoms with van der Waals surface area (Å²) in [5.74, 6) is 1.86. The summed E-state index contributed by atoms with van der Waals surface area (Å²) >= 11 is 0. The average Bonchev–Trinajstić information content (AvgIpc) is 2.68. The predicted octanol–water partition coefficient (Wildman–Crippen LogP) is 1.28. The van der Waals surface area contributed by atoms with Gasteiger partial charge in [-0.3, -0.25) is 0 Å². The zero-order valence-corrected chi connectivity index (χ0v) is 18.7. The Morgan fingerprint density at radius 1 is 1.38 bits per heavy atom. The maximum atomic E-state index is 12.3. The van der Waals surface area contributed by atoms with Crippen molar-refractivity contribution in [2.24, 2.45) is 4.99 Å². The summed E-state index contributed by atoms with van der Waals surface area (Å²) in [5, 5.41) is 3.29. The highest BCUT2D eigenvalue weighted by Crippen LogP contribution is 2.24. The van der Waals surface area contributed by atoms with E-state index in [1.54, 1.807) is 13.8 Å². The number of nitrogens with one attached hydrogen (secondary N) is 1. The lowest BCUT2D eigenvalue weighted by Crippen LogP contribution is -2.57. The van der Waals surface area contributed by atoms with E-state index in [0.717, 1.165) is 43.6 Å². The Hall–Kier alpha value is -1.87. The Labute approximate surface area is 174 Å². The molecular formula is C20H33N5O3S. The van der Waals surface area contributed by atoms with E-state index < -0.39 is 14.6 Å². The molecule has 9 heteroatoms. The van der Waals surface area contributed by atoms with Gasteiger partial charge in [-0.2, -0.15) is 0 Å². The minimum atomic E-state index is -3.08. The molecule has 3 rings (SSSR count). The van der Waals surface area contributed by atoms with Crippen LogP contribution in [-0.4, -0.2) is 80.2 Å². The lowest BCUT2D eigenvalue weighted by Gasteiger charge is -2.39. The van der Waals surface area contributed by atoms with Crippen molar-refractivity contribution in [3.63, 3.8) is 0 Å². The Bertz CT molecular complexity index is 823. The Balaban J connectivity index is 1.67. The minimum Gasteiger partial charge on any atom is -0.375 e. The van der Waals surface area contributed by atoms with Gasteiger partial charge < -0.3 is 19.9 Å². The molecule has 0 radical (unpaired) electrons. The molecular weight excluding hydrogens is 390 g/mol. The molecule has 1 unspecified atom stereocenters. The molecule has 162 valence electrons. The summed E-state index contributed by atoms with van der Waals surface area (Å²) in [6.07, 6.45) is 2.09. The first-order chi connectivity index (χ1) is 13.7. The monoisotopic (exact) mass is 423 g/mol. The van der Waals surface area contributed by atoms with Gasteiger partial charge in [-0.1, -0.05) is 6.07 Å². The van der Waals surface area contributed by atoms with Crippen LogP contribution in [0.2, 0.25) is 0 Å². The summed E-state index contributed by atoms with van der Waals surface area (Å²) in [6.45, 7) is 12.2. The molecule has 3 heterocycles. The van der Waals surface area contributed by atoms with Gasteiger partial charge in [-0.25, -0.2) is 18.4 Å². The molecule has 29 heavy (non-hydrogen) atoms. The van der Waals surface area contributed by atoms with Gasteiger partial charge in [0.1, 0.15) is 5.82 Å². The van der Waals surface area contributed by atoms with Crippen LogP contribution in [-0.2, 0) is 21.1 Å². The van der Waals surface area contributed by atoms with Crippen molar-refractivity contribution < 1.29 is 13.2 Å². The summed E-state index contributed by atoms with van der Waals surface area (Å²) in [5.41, 5.74) is 1.02. The highest BCUT2D eigenvalue weighted by Gasteiger charge is 2.40. The van der Waals surface area contributed by atoms with Gasteiger partial charge in [0.15, 0.2) is 15.8 Å². The molecule has 0 spiro atoms. The lowest BCUT2D eigenvalue weighted by molar-refractivity contribution is 0.0529. The van der Waals surface area contributed by atoms with Crippen molar-refractivity contribution in [2.45, 2.75) is 45.1 Å². The van der Waals surface area contributed by atoms with Crippen LogP contribution in [0.15, 0.2) is 23.3 Å². The second-order valence-electron chi connectivity index (χ2n) is 8.32.